The lowest BCUT2D eigenvalue weighted by Crippen LogP contribution is -2.49. The number of halogens is 2. The molecule has 5 rings (SSSR count). The molecule has 1 saturated heterocycles. The van der Waals surface area contributed by atoms with Gasteiger partial charge >= 0.3 is 0 Å². The molecule has 0 atom stereocenters. The quantitative estimate of drug-likeness (QED) is 0.293. The molecule has 4 aromatic rings. The Morgan fingerprint density at radius 2 is 1.53 bits per heavy atom. The predicted octanol–water partition coefficient (Wildman–Crippen LogP) is 6.33. The van der Waals surface area contributed by atoms with Crippen molar-refractivity contribution < 1.29 is 17.6 Å². The normalized spacial score (nSPS) is 14.4. The van der Waals surface area contributed by atoms with Gasteiger partial charge in [0.15, 0.2) is 5.76 Å². The fraction of sp³-hybridized carbons (Fsp3) is 0.179. The maximum atomic E-state index is 13.1. The Labute approximate surface area is 231 Å². The van der Waals surface area contributed by atoms with Gasteiger partial charge in [-0.15, -0.1) is 0 Å². The summed E-state index contributed by atoms with van der Waals surface area (Å²) in [5, 5.41) is 3.87. The molecule has 7 nitrogen and oxygen atoms in total. The van der Waals surface area contributed by atoms with E-state index < -0.39 is 15.9 Å². The smallest absolute Gasteiger partial charge is 0.291 e. The highest BCUT2D eigenvalue weighted by atomic mass is 35.5. The number of aryl methyl sites for hydroxylation is 1. The van der Waals surface area contributed by atoms with Crippen molar-refractivity contribution in [1.29, 1.82) is 0 Å². The van der Waals surface area contributed by atoms with E-state index in [4.69, 9.17) is 27.6 Å². The van der Waals surface area contributed by atoms with Gasteiger partial charge in [0.05, 0.1) is 26.3 Å². The molecule has 0 spiro atoms. The number of nitrogens with zero attached hydrogens (tertiary/aromatic N) is 2. The van der Waals surface area contributed by atoms with Crippen LogP contribution in [-0.2, 0) is 10.0 Å². The number of amides is 1. The van der Waals surface area contributed by atoms with Crippen LogP contribution in [0, 0.1) is 6.92 Å². The SMILES string of the molecule is Cc1ccc(S(=O)(=O)N2CCN(c3c(Cl)cccc3NC(=O)c3ccc(-c4ccccc4Cl)o3)CC2)cc1. The zero-order valence-electron chi connectivity index (χ0n) is 20.5. The molecule has 10 heteroatoms. The van der Waals surface area contributed by atoms with Crippen LogP contribution in [0.3, 0.4) is 0 Å². The molecule has 38 heavy (non-hydrogen) atoms. The number of rotatable bonds is 6. The van der Waals surface area contributed by atoms with Crippen LogP contribution < -0.4 is 10.2 Å². The van der Waals surface area contributed by atoms with E-state index in [2.05, 4.69) is 5.32 Å². The van der Waals surface area contributed by atoms with Crippen LogP contribution in [0.1, 0.15) is 16.1 Å². The summed E-state index contributed by atoms with van der Waals surface area (Å²) in [6.07, 6.45) is 0. The van der Waals surface area contributed by atoms with E-state index in [0.29, 0.717) is 45.8 Å². The molecule has 2 heterocycles. The van der Waals surface area contributed by atoms with Crippen molar-refractivity contribution in [3.8, 4) is 11.3 Å². The molecule has 0 radical (unpaired) electrons. The second kappa shape index (κ2) is 10.8. The number of benzene rings is 3. The summed E-state index contributed by atoms with van der Waals surface area (Å²) in [6, 6.07) is 22.6. The average molecular weight is 570 g/mol. The summed E-state index contributed by atoms with van der Waals surface area (Å²) in [6.45, 7) is 3.31. The van der Waals surface area contributed by atoms with E-state index in [1.54, 1.807) is 60.7 Å². The summed E-state index contributed by atoms with van der Waals surface area (Å²) in [5.74, 6) is 0.172. The highest BCUT2D eigenvalue weighted by Crippen LogP contribution is 2.36. The average Bonchev–Trinajstić information content (AvgIpc) is 3.40. The minimum Gasteiger partial charge on any atom is -0.451 e. The van der Waals surface area contributed by atoms with Crippen LogP contribution in [0.15, 0.2) is 88.2 Å². The molecule has 1 fully saturated rings. The summed E-state index contributed by atoms with van der Waals surface area (Å²) in [7, 11) is -3.60. The lowest BCUT2D eigenvalue weighted by atomic mass is 10.2. The van der Waals surface area contributed by atoms with E-state index in [1.165, 1.54) is 4.31 Å². The number of furan rings is 1. The Morgan fingerprint density at radius 3 is 2.24 bits per heavy atom. The van der Waals surface area contributed by atoms with Crippen molar-refractivity contribution in [2.45, 2.75) is 11.8 Å². The number of sulfonamides is 1. The van der Waals surface area contributed by atoms with Crippen molar-refractivity contribution in [3.05, 3.63) is 100 Å². The van der Waals surface area contributed by atoms with Crippen LogP contribution in [0.5, 0.6) is 0 Å². The Kier molecular flexibility index (Phi) is 7.49. The van der Waals surface area contributed by atoms with Gasteiger partial charge < -0.3 is 14.6 Å². The number of carbonyl (C=O) groups excluding carboxylic acids is 1. The van der Waals surface area contributed by atoms with Gasteiger partial charge in [-0.2, -0.15) is 4.31 Å². The van der Waals surface area contributed by atoms with Crippen molar-refractivity contribution in [2.75, 3.05) is 36.4 Å². The largest absolute Gasteiger partial charge is 0.451 e. The van der Waals surface area contributed by atoms with Crippen LogP contribution in [-0.4, -0.2) is 44.8 Å². The molecule has 0 aliphatic carbocycles. The number of hydrogen-bond acceptors (Lipinski definition) is 5. The first-order chi connectivity index (χ1) is 18.2. The maximum Gasteiger partial charge on any atom is 0.291 e. The van der Waals surface area contributed by atoms with Gasteiger partial charge in [0.2, 0.25) is 10.0 Å². The van der Waals surface area contributed by atoms with Gasteiger partial charge in [-0.05, 0) is 55.5 Å². The molecule has 3 aromatic carbocycles. The van der Waals surface area contributed by atoms with Crippen molar-refractivity contribution in [2.24, 2.45) is 0 Å². The van der Waals surface area contributed by atoms with E-state index in [0.717, 1.165) is 5.56 Å². The van der Waals surface area contributed by atoms with Crippen molar-refractivity contribution in [3.63, 3.8) is 0 Å². The summed E-state index contributed by atoms with van der Waals surface area (Å²) >= 11 is 12.8. The van der Waals surface area contributed by atoms with Gasteiger partial charge in [-0.3, -0.25) is 4.79 Å². The zero-order valence-corrected chi connectivity index (χ0v) is 22.9. The molecule has 1 aliphatic heterocycles. The van der Waals surface area contributed by atoms with Crippen LogP contribution >= 0.6 is 23.2 Å². The van der Waals surface area contributed by atoms with Gasteiger partial charge in [0.25, 0.3) is 5.91 Å². The first-order valence-electron chi connectivity index (χ1n) is 12.0. The zero-order chi connectivity index (χ0) is 26.9. The van der Waals surface area contributed by atoms with Gasteiger partial charge in [-0.1, -0.05) is 59.1 Å². The minimum atomic E-state index is -3.60. The first-order valence-corrected chi connectivity index (χ1v) is 14.2. The van der Waals surface area contributed by atoms with Gasteiger partial charge in [0.1, 0.15) is 5.76 Å². The number of hydrogen-bond donors (Lipinski definition) is 1. The molecule has 0 saturated carbocycles. The number of piperazine rings is 1. The third-order valence-corrected chi connectivity index (χ3v) is 8.97. The maximum absolute atomic E-state index is 13.1. The Balaban J connectivity index is 1.32. The number of nitrogens with one attached hydrogen (secondary N) is 1. The Hall–Kier alpha value is -3.30. The highest BCUT2D eigenvalue weighted by molar-refractivity contribution is 7.89. The first kappa shape index (κ1) is 26.3. The lowest BCUT2D eigenvalue weighted by Gasteiger charge is -2.36. The second-order valence-corrected chi connectivity index (χ2v) is 11.7. The molecular weight excluding hydrogens is 545 g/mol. The lowest BCUT2D eigenvalue weighted by molar-refractivity contribution is 0.0997. The van der Waals surface area contributed by atoms with Gasteiger partial charge in [-0.25, -0.2) is 8.42 Å². The Morgan fingerprint density at radius 1 is 0.842 bits per heavy atom. The number of carbonyl (C=O) groups is 1. The summed E-state index contributed by atoms with van der Waals surface area (Å²) in [4.78, 5) is 15.3. The molecule has 196 valence electrons. The molecule has 1 amide bonds. The van der Waals surface area contributed by atoms with Crippen LogP contribution in [0.4, 0.5) is 11.4 Å². The number of anilines is 2. The monoisotopic (exact) mass is 569 g/mol. The molecule has 1 N–H and O–H groups in total. The standard InChI is InChI=1S/C28H25Cl2N3O4S/c1-19-9-11-20(12-10-19)38(35,36)33-17-15-32(16-18-33)27-23(30)7-4-8-24(27)31-28(34)26-14-13-25(37-26)21-5-2-3-6-22(21)29/h2-14H,15-18H2,1H3,(H,31,34). The molecule has 1 aliphatic rings. The highest BCUT2D eigenvalue weighted by Gasteiger charge is 2.30. The predicted molar refractivity (Wildman–Crippen MR) is 151 cm³/mol. The van der Waals surface area contributed by atoms with E-state index in [1.807, 2.05) is 30.0 Å². The summed E-state index contributed by atoms with van der Waals surface area (Å²) in [5.41, 5.74) is 2.83. The summed E-state index contributed by atoms with van der Waals surface area (Å²) < 4.78 is 33.5. The van der Waals surface area contributed by atoms with E-state index in [9.17, 15) is 13.2 Å². The molecular formula is C28H25Cl2N3O4S. The van der Waals surface area contributed by atoms with Crippen LogP contribution in [0.2, 0.25) is 10.0 Å². The van der Waals surface area contributed by atoms with E-state index >= 15 is 0 Å². The minimum absolute atomic E-state index is 0.125. The van der Waals surface area contributed by atoms with Gasteiger partial charge in [0, 0.05) is 31.7 Å². The molecule has 1 aromatic heterocycles. The van der Waals surface area contributed by atoms with E-state index in [-0.39, 0.29) is 23.7 Å². The second-order valence-electron chi connectivity index (χ2n) is 8.94. The number of para-hydroxylation sites is 1. The third-order valence-electron chi connectivity index (χ3n) is 6.42. The van der Waals surface area contributed by atoms with Crippen molar-refractivity contribution >= 4 is 50.5 Å². The molecule has 0 bridgehead atoms. The van der Waals surface area contributed by atoms with Crippen molar-refractivity contribution in [1.82, 2.24) is 4.31 Å². The fourth-order valence-electron chi connectivity index (χ4n) is 4.40. The topological polar surface area (TPSA) is 82.9 Å². The third kappa shape index (κ3) is 5.31. The Bertz CT molecular complexity index is 1580. The van der Waals surface area contributed by atoms with Crippen LogP contribution in [0.25, 0.3) is 11.3 Å². The fourth-order valence-corrected chi connectivity index (χ4v) is 6.34. The molecule has 0 unspecified atom stereocenters.